The van der Waals surface area contributed by atoms with Crippen LogP contribution in [0.1, 0.15) is 11.1 Å². The molecule has 2 heterocycles. The van der Waals surface area contributed by atoms with Crippen molar-refractivity contribution in [2.24, 2.45) is 0 Å². The van der Waals surface area contributed by atoms with Crippen molar-refractivity contribution in [2.75, 3.05) is 0 Å². The molecule has 0 aromatic carbocycles. The SMILES string of the molecule is FC(F)(F)c1ccnc(-c2nccc(C(F)(F)F)c2Cl)c1.[C]=O.[C]=O.[C]=O.[Re]. The smallest absolute Gasteiger partial charge is 0.281 e. The van der Waals surface area contributed by atoms with Crippen molar-refractivity contribution in [3.05, 3.63) is 46.7 Å². The Labute approximate surface area is 173 Å². The molecular formula is C15H5ClF6N2O3Re. The Kier molecular flexibility index (Phi) is 15.2. The molecule has 7 radical (unpaired) electrons. The normalized spacial score (nSPS) is 9.82. The number of hydrogen-bond acceptors (Lipinski definition) is 5. The van der Waals surface area contributed by atoms with Gasteiger partial charge in [-0.1, -0.05) is 11.6 Å². The molecule has 0 unspecified atom stereocenters. The summed E-state index contributed by atoms with van der Waals surface area (Å²) in [7, 11) is 0. The number of halogens is 7. The Balaban J connectivity index is -0.000000815. The van der Waals surface area contributed by atoms with E-state index in [-0.39, 0.29) is 26.1 Å². The first-order valence-electron chi connectivity index (χ1n) is 5.97. The number of nitrogens with zero attached hydrogens (tertiary/aromatic N) is 2. The van der Waals surface area contributed by atoms with Crippen LogP contribution in [-0.4, -0.2) is 30.3 Å². The maximum atomic E-state index is 12.7. The van der Waals surface area contributed by atoms with E-state index in [1.54, 1.807) is 0 Å². The van der Waals surface area contributed by atoms with Gasteiger partial charge >= 0.3 is 12.4 Å². The molecule has 0 saturated carbocycles. The van der Waals surface area contributed by atoms with Crippen LogP contribution in [0.25, 0.3) is 11.4 Å². The van der Waals surface area contributed by atoms with Gasteiger partial charge in [-0.3, -0.25) is 24.4 Å². The first-order valence-corrected chi connectivity index (χ1v) is 6.35. The first-order chi connectivity index (χ1) is 12.6. The van der Waals surface area contributed by atoms with Crippen LogP contribution in [0.5, 0.6) is 0 Å². The van der Waals surface area contributed by atoms with Gasteiger partial charge in [0.1, 0.15) is 5.69 Å². The Bertz CT molecular complexity index is 727. The zero-order valence-corrected chi connectivity index (χ0v) is 16.5. The number of alkyl halides is 6. The van der Waals surface area contributed by atoms with Gasteiger partial charge < -0.3 is 0 Å². The van der Waals surface area contributed by atoms with Gasteiger partial charge in [-0.05, 0) is 18.2 Å². The van der Waals surface area contributed by atoms with Crippen LogP contribution in [0.2, 0.25) is 5.02 Å². The quantitative estimate of drug-likeness (QED) is 0.470. The van der Waals surface area contributed by atoms with Crippen LogP contribution in [0.3, 0.4) is 0 Å². The van der Waals surface area contributed by atoms with Crippen molar-refractivity contribution in [3.8, 4) is 11.4 Å². The van der Waals surface area contributed by atoms with Gasteiger partial charge in [0.2, 0.25) is 0 Å². The third-order valence-electron chi connectivity index (χ3n) is 2.52. The average molecular weight is 597 g/mol. The molecule has 149 valence electrons. The number of pyridine rings is 2. The van der Waals surface area contributed by atoms with E-state index < -0.39 is 34.2 Å². The molecule has 13 heteroatoms. The number of carbonyl (C=O) groups excluding carboxylic acids is 3. The molecule has 0 saturated heterocycles. The third-order valence-corrected chi connectivity index (χ3v) is 2.91. The molecule has 5 nitrogen and oxygen atoms in total. The van der Waals surface area contributed by atoms with Crippen LogP contribution in [0, 0.1) is 0 Å². The Morgan fingerprint density at radius 2 is 1.25 bits per heavy atom. The van der Waals surface area contributed by atoms with Crippen LogP contribution in [-0.2, 0) is 47.2 Å². The molecule has 0 aliphatic heterocycles. The minimum absolute atomic E-state index is 0. The van der Waals surface area contributed by atoms with Crippen molar-refractivity contribution >= 4 is 32.0 Å². The Hall–Kier alpha value is -2.16. The minimum Gasteiger partial charge on any atom is -0.281 e. The molecule has 0 aliphatic carbocycles. The summed E-state index contributed by atoms with van der Waals surface area (Å²) in [6, 6.07) is 1.93. The summed E-state index contributed by atoms with van der Waals surface area (Å²) in [6.45, 7) is 13.5. The van der Waals surface area contributed by atoms with E-state index >= 15 is 0 Å². The van der Waals surface area contributed by atoms with Crippen LogP contribution in [0.15, 0.2) is 30.6 Å². The molecule has 28 heavy (non-hydrogen) atoms. The summed E-state index contributed by atoms with van der Waals surface area (Å²) in [5.41, 5.74) is -3.09. The summed E-state index contributed by atoms with van der Waals surface area (Å²) >= 11 is 5.59. The van der Waals surface area contributed by atoms with Crippen molar-refractivity contribution < 1.29 is 61.1 Å². The number of rotatable bonds is 1. The fourth-order valence-electron chi connectivity index (χ4n) is 1.58. The zero-order chi connectivity index (χ0) is 21.8. The third kappa shape index (κ3) is 8.69. The van der Waals surface area contributed by atoms with Gasteiger partial charge in [0.05, 0.1) is 21.8 Å². The monoisotopic (exact) mass is 597 g/mol. The van der Waals surface area contributed by atoms with Crippen molar-refractivity contribution in [2.45, 2.75) is 12.4 Å². The van der Waals surface area contributed by atoms with E-state index in [1.807, 2.05) is 0 Å². The topological polar surface area (TPSA) is 77.0 Å². The first kappa shape index (κ1) is 30.6. The fourth-order valence-corrected chi connectivity index (χ4v) is 1.89. The number of aromatic nitrogens is 2. The van der Waals surface area contributed by atoms with E-state index in [1.165, 1.54) is 0 Å². The van der Waals surface area contributed by atoms with Crippen molar-refractivity contribution in [1.82, 2.24) is 9.97 Å². The molecule has 2 aromatic rings. The Morgan fingerprint density at radius 3 is 1.68 bits per heavy atom. The van der Waals surface area contributed by atoms with Crippen molar-refractivity contribution in [3.63, 3.8) is 0 Å². The van der Waals surface area contributed by atoms with E-state index in [0.717, 1.165) is 12.4 Å². The molecule has 0 bridgehead atoms. The maximum Gasteiger partial charge on any atom is 0.417 e. The fraction of sp³-hybridized carbons (Fsp3) is 0.133. The van der Waals surface area contributed by atoms with Gasteiger partial charge in [0.15, 0.2) is 0 Å². The largest absolute Gasteiger partial charge is 0.417 e. The van der Waals surface area contributed by atoms with Crippen LogP contribution >= 0.6 is 11.6 Å². The second-order valence-electron chi connectivity index (χ2n) is 3.95. The minimum atomic E-state index is -4.74. The molecule has 0 amide bonds. The molecule has 0 fully saturated rings. The van der Waals surface area contributed by atoms with Gasteiger partial charge in [-0.2, -0.15) is 26.3 Å². The summed E-state index contributed by atoms with van der Waals surface area (Å²) in [5, 5.41) is -0.795. The maximum absolute atomic E-state index is 12.7. The van der Waals surface area contributed by atoms with Crippen LogP contribution < -0.4 is 0 Å². The van der Waals surface area contributed by atoms with E-state index in [4.69, 9.17) is 26.0 Å². The molecule has 0 spiro atoms. The van der Waals surface area contributed by atoms with E-state index in [9.17, 15) is 26.3 Å². The zero-order valence-electron chi connectivity index (χ0n) is 13.0. The van der Waals surface area contributed by atoms with Gasteiger partial charge in [0.25, 0.3) is 20.4 Å². The molecule has 2 aromatic heterocycles. The van der Waals surface area contributed by atoms with E-state index in [0.29, 0.717) is 18.2 Å². The molecule has 0 atom stereocenters. The second kappa shape index (κ2) is 13.9. The Morgan fingerprint density at radius 1 is 0.786 bits per heavy atom. The molecule has 0 N–H and O–H groups in total. The molecule has 2 rings (SSSR count). The molecule has 0 aliphatic rings. The second-order valence-corrected chi connectivity index (χ2v) is 4.32. The van der Waals surface area contributed by atoms with Gasteiger partial charge in [-0.25, -0.2) is 0 Å². The predicted molar refractivity (Wildman–Crippen MR) is 79.6 cm³/mol. The van der Waals surface area contributed by atoms with Gasteiger partial charge in [0, 0.05) is 32.8 Å². The summed E-state index contributed by atoms with van der Waals surface area (Å²) in [4.78, 5) is 29.7. The van der Waals surface area contributed by atoms with Crippen molar-refractivity contribution in [1.29, 1.82) is 0 Å². The molecular weight excluding hydrogens is 592 g/mol. The standard InChI is InChI=1S/C12H5ClF6N2.3CO.Re/c13-9-7(12(17,18)19)2-4-21-10(9)8-5-6(1-3-20-8)11(14,15)16;3*1-2;/h1-5H;;;;. The van der Waals surface area contributed by atoms with E-state index in [2.05, 4.69) is 30.3 Å². The van der Waals surface area contributed by atoms with Crippen LogP contribution in [0.4, 0.5) is 26.3 Å². The van der Waals surface area contributed by atoms with Gasteiger partial charge in [-0.15, -0.1) is 0 Å². The number of hydrogen-bond donors (Lipinski definition) is 0. The summed E-state index contributed by atoms with van der Waals surface area (Å²) in [6.07, 6.45) is -7.75. The summed E-state index contributed by atoms with van der Waals surface area (Å²) in [5.74, 6) is 0. The average Bonchev–Trinajstić information content (AvgIpc) is 2.65. The predicted octanol–water partition coefficient (Wildman–Crippen LogP) is 3.64. The summed E-state index contributed by atoms with van der Waals surface area (Å²) < 4.78 is 75.9.